The van der Waals surface area contributed by atoms with Gasteiger partial charge in [-0.25, -0.2) is 4.98 Å². The van der Waals surface area contributed by atoms with Crippen LogP contribution in [0.2, 0.25) is 0 Å². The number of carbonyl (C=O) groups excluding carboxylic acids is 1. The first-order chi connectivity index (χ1) is 12.7. The molecule has 6 nitrogen and oxygen atoms in total. The number of likely N-dealkylation sites (N-methyl/N-ethyl adjacent to an activating group) is 1. The Balaban J connectivity index is 1.31. The number of hydrogen-bond donors (Lipinski definition) is 2. The molecular weight excluding hydrogens is 326 g/mol. The number of nitrogens with one attached hydrogen (secondary N) is 2. The predicted molar refractivity (Wildman–Crippen MR) is 103 cm³/mol. The number of aromatic nitrogens is 1. The number of fused-ring (bicyclic) bond motifs is 2. The lowest BCUT2D eigenvalue weighted by Crippen LogP contribution is -2.45. The predicted octanol–water partition coefficient (Wildman–Crippen LogP) is 1.37. The molecule has 2 bridgehead atoms. The molecular formula is C20H31N5O. The summed E-state index contributed by atoms with van der Waals surface area (Å²) in [6.07, 6.45) is 7.40. The zero-order valence-electron chi connectivity index (χ0n) is 15.8. The van der Waals surface area contributed by atoms with Crippen LogP contribution in [0.5, 0.6) is 0 Å². The number of piperidine rings is 1. The van der Waals surface area contributed by atoms with E-state index in [0.29, 0.717) is 31.0 Å². The topological polar surface area (TPSA) is 60.5 Å². The highest BCUT2D eigenvalue weighted by molar-refractivity contribution is 5.76. The third-order valence-corrected chi connectivity index (χ3v) is 6.19. The summed E-state index contributed by atoms with van der Waals surface area (Å²) in [7, 11) is 2.16. The smallest absolute Gasteiger partial charge is 0.220 e. The van der Waals surface area contributed by atoms with Crippen LogP contribution in [0, 0.1) is 5.92 Å². The van der Waals surface area contributed by atoms with Crippen LogP contribution in [0.1, 0.15) is 37.7 Å². The van der Waals surface area contributed by atoms with E-state index in [2.05, 4.69) is 38.5 Å². The van der Waals surface area contributed by atoms with E-state index in [1.54, 1.807) is 0 Å². The van der Waals surface area contributed by atoms with Gasteiger partial charge in [-0.1, -0.05) is 6.07 Å². The standard InChI is InChI=1S/C20H31N5O/c1-24-7-9-25(10-8-24)20-16(3-2-6-21-20)14-22-19(26)13-15-11-17-4-5-18(12-15)23-17/h2-3,6,15,17-18,23H,4-5,7-14H2,1H3,(H,22,26). The van der Waals surface area contributed by atoms with Crippen molar-refractivity contribution in [1.82, 2.24) is 20.5 Å². The van der Waals surface area contributed by atoms with Crippen molar-refractivity contribution in [2.75, 3.05) is 38.1 Å². The van der Waals surface area contributed by atoms with Crippen LogP contribution in [-0.4, -0.2) is 61.1 Å². The van der Waals surface area contributed by atoms with Crippen molar-refractivity contribution < 1.29 is 4.79 Å². The number of hydrogen-bond acceptors (Lipinski definition) is 5. The monoisotopic (exact) mass is 357 g/mol. The molecule has 1 aromatic heterocycles. The van der Waals surface area contributed by atoms with Crippen molar-refractivity contribution in [3.8, 4) is 0 Å². The molecule has 2 N–H and O–H groups in total. The average molecular weight is 358 g/mol. The van der Waals surface area contributed by atoms with Gasteiger partial charge in [-0.2, -0.15) is 0 Å². The van der Waals surface area contributed by atoms with E-state index >= 15 is 0 Å². The number of piperazine rings is 1. The molecule has 0 spiro atoms. The van der Waals surface area contributed by atoms with E-state index in [1.807, 2.05) is 12.3 Å². The molecule has 2 unspecified atom stereocenters. The second-order valence-electron chi connectivity index (χ2n) is 8.23. The summed E-state index contributed by atoms with van der Waals surface area (Å²) in [5, 5.41) is 6.80. The van der Waals surface area contributed by atoms with Gasteiger partial charge in [0.2, 0.25) is 5.91 Å². The Kier molecular flexibility index (Phi) is 5.41. The summed E-state index contributed by atoms with van der Waals surface area (Å²) in [6.45, 7) is 4.67. The van der Waals surface area contributed by atoms with E-state index in [-0.39, 0.29) is 5.91 Å². The molecule has 26 heavy (non-hydrogen) atoms. The molecule has 142 valence electrons. The van der Waals surface area contributed by atoms with Gasteiger partial charge in [0.15, 0.2) is 0 Å². The van der Waals surface area contributed by atoms with Gasteiger partial charge >= 0.3 is 0 Å². The van der Waals surface area contributed by atoms with Crippen LogP contribution in [0.4, 0.5) is 5.82 Å². The minimum atomic E-state index is 0.185. The lowest BCUT2D eigenvalue weighted by Gasteiger charge is -2.34. The highest BCUT2D eigenvalue weighted by atomic mass is 16.1. The molecule has 1 amide bonds. The quantitative estimate of drug-likeness (QED) is 0.834. The van der Waals surface area contributed by atoms with E-state index in [9.17, 15) is 4.79 Å². The molecule has 2 atom stereocenters. The summed E-state index contributed by atoms with van der Waals surface area (Å²) in [4.78, 5) is 21.8. The summed E-state index contributed by atoms with van der Waals surface area (Å²) < 4.78 is 0. The largest absolute Gasteiger partial charge is 0.354 e. The van der Waals surface area contributed by atoms with E-state index in [4.69, 9.17) is 0 Å². The number of carbonyl (C=O) groups is 1. The molecule has 0 saturated carbocycles. The molecule has 3 aliphatic rings. The van der Waals surface area contributed by atoms with Crippen LogP contribution in [-0.2, 0) is 11.3 Å². The Bertz CT molecular complexity index is 616. The van der Waals surface area contributed by atoms with Crippen molar-refractivity contribution in [3.05, 3.63) is 23.9 Å². The zero-order valence-corrected chi connectivity index (χ0v) is 15.8. The molecule has 3 saturated heterocycles. The third kappa shape index (κ3) is 4.18. The molecule has 0 aliphatic carbocycles. The lowest BCUT2D eigenvalue weighted by atomic mass is 9.89. The molecule has 0 radical (unpaired) electrons. The number of pyridine rings is 1. The average Bonchev–Trinajstić information content (AvgIpc) is 2.99. The number of anilines is 1. The van der Waals surface area contributed by atoms with Crippen molar-refractivity contribution >= 4 is 11.7 Å². The van der Waals surface area contributed by atoms with Gasteiger partial charge in [-0.15, -0.1) is 0 Å². The third-order valence-electron chi connectivity index (χ3n) is 6.19. The zero-order chi connectivity index (χ0) is 17.9. The van der Waals surface area contributed by atoms with Crippen molar-refractivity contribution in [1.29, 1.82) is 0 Å². The fourth-order valence-corrected chi connectivity index (χ4v) is 4.74. The van der Waals surface area contributed by atoms with Crippen LogP contribution in [0.3, 0.4) is 0 Å². The Morgan fingerprint density at radius 1 is 1.23 bits per heavy atom. The lowest BCUT2D eigenvalue weighted by molar-refractivity contribution is -0.122. The highest BCUT2D eigenvalue weighted by Gasteiger charge is 2.34. The van der Waals surface area contributed by atoms with E-state index in [0.717, 1.165) is 50.4 Å². The van der Waals surface area contributed by atoms with Gasteiger partial charge in [-0.3, -0.25) is 4.79 Å². The normalized spacial score (nSPS) is 29.0. The van der Waals surface area contributed by atoms with Crippen LogP contribution in [0.25, 0.3) is 0 Å². The number of nitrogens with zero attached hydrogens (tertiary/aromatic N) is 3. The second-order valence-corrected chi connectivity index (χ2v) is 8.23. The summed E-state index contributed by atoms with van der Waals surface area (Å²) in [5.41, 5.74) is 1.12. The van der Waals surface area contributed by atoms with E-state index < -0.39 is 0 Å². The Hall–Kier alpha value is -1.66. The van der Waals surface area contributed by atoms with Gasteiger partial charge in [0, 0.05) is 63.0 Å². The molecule has 3 fully saturated rings. The van der Waals surface area contributed by atoms with Crippen LogP contribution >= 0.6 is 0 Å². The second kappa shape index (κ2) is 7.92. The van der Waals surface area contributed by atoms with Crippen LogP contribution < -0.4 is 15.5 Å². The van der Waals surface area contributed by atoms with Crippen LogP contribution in [0.15, 0.2) is 18.3 Å². The Labute approximate surface area is 156 Å². The maximum absolute atomic E-state index is 12.5. The fourth-order valence-electron chi connectivity index (χ4n) is 4.74. The van der Waals surface area contributed by atoms with E-state index in [1.165, 1.54) is 12.8 Å². The summed E-state index contributed by atoms with van der Waals surface area (Å²) >= 11 is 0. The first-order valence-electron chi connectivity index (χ1n) is 10.1. The molecule has 4 heterocycles. The minimum Gasteiger partial charge on any atom is -0.354 e. The van der Waals surface area contributed by atoms with Crippen molar-refractivity contribution in [2.45, 2.75) is 50.7 Å². The maximum Gasteiger partial charge on any atom is 0.220 e. The van der Waals surface area contributed by atoms with Crippen molar-refractivity contribution in [3.63, 3.8) is 0 Å². The fraction of sp³-hybridized carbons (Fsp3) is 0.700. The molecule has 4 rings (SSSR count). The minimum absolute atomic E-state index is 0.185. The molecule has 1 aromatic rings. The maximum atomic E-state index is 12.5. The SMILES string of the molecule is CN1CCN(c2ncccc2CNC(=O)CC2CC3CCC(C2)N3)CC1. The number of amides is 1. The summed E-state index contributed by atoms with van der Waals surface area (Å²) in [5.74, 6) is 1.75. The molecule has 3 aliphatic heterocycles. The highest BCUT2D eigenvalue weighted by Crippen LogP contribution is 2.32. The Morgan fingerprint density at radius 3 is 2.69 bits per heavy atom. The molecule has 0 aromatic carbocycles. The van der Waals surface area contributed by atoms with Crippen molar-refractivity contribution in [2.24, 2.45) is 5.92 Å². The first-order valence-corrected chi connectivity index (χ1v) is 10.1. The van der Waals surface area contributed by atoms with Gasteiger partial charge in [0.05, 0.1) is 0 Å². The molecule has 6 heteroatoms. The Morgan fingerprint density at radius 2 is 1.96 bits per heavy atom. The van der Waals surface area contributed by atoms with Gasteiger partial charge < -0.3 is 20.4 Å². The van der Waals surface area contributed by atoms with Gasteiger partial charge in [-0.05, 0) is 44.7 Å². The van der Waals surface area contributed by atoms with Gasteiger partial charge in [0.1, 0.15) is 5.82 Å². The first kappa shape index (κ1) is 17.7. The summed E-state index contributed by atoms with van der Waals surface area (Å²) in [6, 6.07) is 5.35. The number of rotatable bonds is 5. The van der Waals surface area contributed by atoms with Gasteiger partial charge in [0.25, 0.3) is 0 Å².